The maximum absolute atomic E-state index is 12.3. The van der Waals surface area contributed by atoms with Gasteiger partial charge in [-0.25, -0.2) is 0 Å². The van der Waals surface area contributed by atoms with Crippen molar-refractivity contribution in [3.05, 3.63) is 77.2 Å². The lowest BCUT2D eigenvalue weighted by Gasteiger charge is -2.08. The third-order valence-electron chi connectivity index (χ3n) is 4.59. The largest absolute Gasteiger partial charge is 0.486 e. The van der Waals surface area contributed by atoms with Crippen LogP contribution in [-0.4, -0.2) is 23.0 Å². The molecule has 2 N–H and O–H groups in total. The minimum Gasteiger partial charge on any atom is -0.486 e. The first-order valence-electron chi connectivity index (χ1n) is 9.82. The summed E-state index contributed by atoms with van der Waals surface area (Å²) < 4.78 is 10.8. The molecule has 7 heteroatoms. The molecule has 0 saturated carbocycles. The van der Waals surface area contributed by atoms with Gasteiger partial charge >= 0.3 is 0 Å². The molecule has 1 atom stereocenters. The van der Waals surface area contributed by atoms with Gasteiger partial charge in [0.25, 0.3) is 11.8 Å². The summed E-state index contributed by atoms with van der Waals surface area (Å²) in [6, 6.07) is 16.0. The highest BCUT2D eigenvalue weighted by molar-refractivity contribution is 6.04. The number of aromatic nitrogens is 1. The summed E-state index contributed by atoms with van der Waals surface area (Å²) in [7, 11) is 0. The maximum Gasteiger partial charge on any atom is 0.273 e. The zero-order valence-corrected chi connectivity index (χ0v) is 17.3. The molecular weight excluding hydrogens is 382 g/mol. The number of benzene rings is 2. The first-order chi connectivity index (χ1) is 14.4. The summed E-state index contributed by atoms with van der Waals surface area (Å²) in [5.41, 5.74) is 2.59. The van der Waals surface area contributed by atoms with Crippen LogP contribution in [0.5, 0.6) is 5.75 Å². The molecule has 0 radical (unpaired) electrons. The Hall–Kier alpha value is -3.61. The molecular formula is C23H25N3O4. The van der Waals surface area contributed by atoms with Gasteiger partial charge in [0.15, 0.2) is 11.5 Å². The Labute approximate surface area is 175 Å². The van der Waals surface area contributed by atoms with Gasteiger partial charge in [-0.15, -0.1) is 0 Å². The summed E-state index contributed by atoms with van der Waals surface area (Å²) in [4.78, 5) is 24.3. The van der Waals surface area contributed by atoms with Crippen molar-refractivity contribution < 1.29 is 18.8 Å². The number of hydrogen-bond acceptors (Lipinski definition) is 5. The fourth-order valence-corrected chi connectivity index (χ4v) is 2.58. The van der Waals surface area contributed by atoms with Crippen LogP contribution in [0.15, 0.2) is 59.1 Å². The van der Waals surface area contributed by atoms with Crippen LogP contribution < -0.4 is 15.4 Å². The van der Waals surface area contributed by atoms with Crippen molar-refractivity contribution >= 4 is 17.5 Å². The summed E-state index contributed by atoms with van der Waals surface area (Å²) >= 11 is 0. The van der Waals surface area contributed by atoms with Crippen LogP contribution in [0.4, 0.5) is 5.69 Å². The van der Waals surface area contributed by atoms with Gasteiger partial charge in [-0.2, -0.15) is 0 Å². The highest BCUT2D eigenvalue weighted by Gasteiger charge is 2.14. The maximum atomic E-state index is 12.3. The molecule has 0 aliphatic carbocycles. The van der Waals surface area contributed by atoms with E-state index in [1.165, 1.54) is 0 Å². The topological polar surface area (TPSA) is 93.5 Å². The Balaban J connectivity index is 1.52. The molecule has 30 heavy (non-hydrogen) atoms. The number of hydrogen-bond donors (Lipinski definition) is 2. The van der Waals surface area contributed by atoms with E-state index in [1.807, 2.05) is 32.9 Å². The summed E-state index contributed by atoms with van der Waals surface area (Å²) in [6.07, 6.45) is 0.834. The van der Waals surface area contributed by atoms with E-state index in [0.29, 0.717) is 22.8 Å². The van der Waals surface area contributed by atoms with Gasteiger partial charge in [-0.05, 0) is 56.7 Å². The molecule has 1 heterocycles. The minimum absolute atomic E-state index is 0.0684. The van der Waals surface area contributed by atoms with E-state index in [1.54, 1.807) is 42.5 Å². The highest BCUT2D eigenvalue weighted by Crippen LogP contribution is 2.18. The second-order valence-corrected chi connectivity index (χ2v) is 7.09. The summed E-state index contributed by atoms with van der Waals surface area (Å²) in [5, 5.41) is 9.46. The number of aryl methyl sites for hydroxylation is 1. The van der Waals surface area contributed by atoms with Crippen molar-refractivity contribution in [2.75, 3.05) is 5.32 Å². The Kier molecular flexibility index (Phi) is 6.85. The standard InChI is InChI=1S/C23H25N3O4/c1-4-16(3)24-23(28)21-13-20(30-26-21)14-29-19-11-9-18(10-12-19)25-22(27)17-7-5-15(2)6-8-17/h5-13,16H,4,14H2,1-3H3,(H,24,28)(H,25,27)/t16-/m0/s1. The van der Waals surface area contributed by atoms with Gasteiger partial charge in [-0.3, -0.25) is 9.59 Å². The third kappa shape index (κ3) is 5.70. The monoisotopic (exact) mass is 407 g/mol. The molecule has 0 bridgehead atoms. The van der Waals surface area contributed by atoms with Crippen molar-refractivity contribution in [2.24, 2.45) is 0 Å². The number of carbonyl (C=O) groups excluding carboxylic acids is 2. The van der Waals surface area contributed by atoms with Crippen molar-refractivity contribution in [1.82, 2.24) is 10.5 Å². The van der Waals surface area contributed by atoms with E-state index in [0.717, 1.165) is 12.0 Å². The summed E-state index contributed by atoms with van der Waals surface area (Å²) in [5.74, 6) is 0.605. The molecule has 2 amide bonds. The van der Waals surface area contributed by atoms with Crippen LogP contribution >= 0.6 is 0 Å². The van der Waals surface area contributed by atoms with Crippen LogP contribution in [0.3, 0.4) is 0 Å². The van der Waals surface area contributed by atoms with Gasteiger partial charge in [0, 0.05) is 23.4 Å². The summed E-state index contributed by atoms with van der Waals surface area (Å²) in [6.45, 7) is 6.03. The van der Waals surface area contributed by atoms with E-state index in [4.69, 9.17) is 9.26 Å². The van der Waals surface area contributed by atoms with E-state index in [-0.39, 0.29) is 30.2 Å². The molecule has 1 aromatic heterocycles. The number of carbonyl (C=O) groups is 2. The average Bonchev–Trinajstić information content (AvgIpc) is 3.23. The first-order valence-corrected chi connectivity index (χ1v) is 9.82. The first kappa shape index (κ1) is 21.1. The van der Waals surface area contributed by atoms with Crippen LogP contribution in [0.1, 0.15) is 52.4 Å². The number of rotatable bonds is 8. The van der Waals surface area contributed by atoms with Crippen LogP contribution in [0, 0.1) is 6.92 Å². The second-order valence-electron chi connectivity index (χ2n) is 7.09. The van der Waals surface area contributed by atoms with E-state index < -0.39 is 0 Å². The number of nitrogens with zero attached hydrogens (tertiary/aromatic N) is 1. The van der Waals surface area contributed by atoms with Crippen molar-refractivity contribution in [3.63, 3.8) is 0 Å². The average molecular weight is 407 g/mol. The molecule has 156 valence electrons. The number of amides is 2. The number of nitrogens with one attached hydrogen (secondary N) is 2. The Morgan fingerprint density at radius 2 is 1.77 bits per heavy atom. The molecule has 3 aromatic rings. The van der Waals surface area contributed by atoms with Gasteiger partial charge in [0.2, 0.25) is 0 Å². The van der Waals surface area contributed by atoms with Crippen LogP contribution in [-0.2, 0) is 6.61 Å². The van der Waals surface area contributed by atoms with E-state index >= 15 is 0 Å². The fourth-order valence-electron chi connectivity index (χ4n) is 2.58. The Morgan fingerprint density at radius 1 is 1.07 bits per heavy atom. The molecule has 0 aliphatic rings. The zero-order valence-electron chi connectivity index (χ0n) is 17.3. The second kappa shape index (κ2) is 9.73. The predicted molar refractivity (Wildman–Crippen MR) is 114 cm³/mol. The van der Waals surface area contributed by atoms with Crippen molar-refractivity contribution in [2.45, 2.75) is 39.8 Å². The smallest absolute Gasteiger partial charge is 0.273 e. The zero-order chi connectivity index (χ0) is 21.5. The molecule has 3 rings (SSSR count). The van der Waals surface area contributed by atoms with Gasteiger partial charge < -0.3 is 19.9 Å². The van der Waals surface area contributed by atoms with E-state index in [9.17, 15) is 9.59 Å². The lowest BCUT2D eigenvalue weighted by atomic mass is 10.1. The Morgan fingerprint density at radius 3 is 2.43 bits per heavy atom. The number of anilines is 1. The SMILES string of the molecule is CC[C@H](C)NC(=O)c1cc(COc2ccc(NC(=O)c3ccc(C)cc3)cc2)on1. The van der Waals surface area contributed by atoms with Crippen molar-refractivity contribution in [1.29, 1.82) is 0 Å². The van der Waals surface area contributed by atoms with Gasteiger partial charge in [-0.1, -0.05) is 29.8 Å². The highest BCUT2D eigenvalue weighted by atomic mass is 16.5. The predicted octanol–water partition coefficient (Wildman–Crippen LogP) is 4.34. The third-order valence-corrected chi connectivity index (χ3v) is 4.59. The lowest BCUT2D eigenvalue weighted by molar-refractivity contribution is 0.0929. The molecule has 0 unspecified atom stereocenters. The van der Waals surface area contributed by atoms with Crippen LogP contribution in [0.25, 0.3) is 0 Å². The molecule has 7 nitrogen and oxygen atoms in total. The Bertz CT molecular complexity index is 994. The molecule has 0 aliphatic heterocycles. The molecule has 2 aromatic carbocycles. The minimum atomic E-state index is -0.270. The van der Waals surface area contributed by atoms with Crippen molar-refractivity contribution in [3.8, 4) is 5.75 Å². The van der Waals surface area contributed by atoms with Gasteiger partial charge in [0.05, 0.1) is 0 Å². The quantitative estimate of drug-likeness (QED) is 0.579. The molecule has 0 spiro atoms. The van der Waals surface area contributed by atoms with Crippen LogP contribution in [0.2, 0.25) is 0 Å². The lowest BCUT2D eigenvalue weighted by Crippen LogP contribution is -2.32. The van der Waals surface area contributed by atoms with E-state index in [2.05, 4.69) is 15.8 Å². The fraction of sp³-hybridized carbons (Fsp3) is 0.261. The molecule has 0 saturated heterocycles. The normalized spacial score (nSPS) is 11.6. The number of ether oxygens (including phenoxy) is 1. The van der Waals surface area contributed by atoms with Gasteiger partial charge in [0.1, 0.15) is 12.4 Å². The molecule has 0 fully saturated rings.